The summed E-state index contributed by atoms with van der Waals surface area (Å²) in [7, 11) is 0. The van der Waals surface area contributed by atoms with Crippen LogP contribution in [0.25, 0.3) is 5.57 Å². The second-order valence-electron chi connectivity index (χ2n) is 8.64. The Hall–Kier alpha value is -1.90. The molecule has 1 aromatic rings. The van der Waals surface area contributed by atoms with Crippen LogP contribution in [0.4, 0.5) is 0 Å². The first-order valence-corrected chi connectivity index (χ1v) is 12.1. The van der Waals surface area contributed by atoms with Crippen LogP contribution in [0, 0.1) is 5.92 Å². The first-order valence-electron chi connectivity index (χ1n) is 12.1. The molecule has 0 saturated heterocycles. The molecular weight excluding hydrogens is 372 g/mol. The van der Waals surface area contributed by atoms with Gasteiger partial charge < -0.3 is 4.74 Å². The summed E-state index contributed by atoms with van der Waals surface area (Å²) in [4.78, 5) is 24.9. The Bertz CT molecular complexity index is 699. The van der Waals surface area contributed by atoms with Crippen LogP contribution in [0.2, 0.25) is 0 Å². The van der Waals surface area contributed by atoms with E-state index in [1.165, 1.54) is 44.9 Å². The third-order valence-electron chi connectivity index (χ3n) is 6.18. The monoisotopic (exact) mass is 412 g/mol. The van der Waals surface area contributed by atoms with Crippen molar-refractivity contribution in [3.05, 3.63) is 35.4 Å². The van der Waals surface area contributed by atoms with Crippen molar-refractivity contribution in [1.29, 1.82) is 0 Å². The molecule has 2 rings (SSSR count). The Morgan fingerprint density at radius 2 is 1.50 bits per heavy atom. The molecule has 0 heterocycles. The normalized spacial score (nSPS) is 16.4. The van der Waals surface area contributed by atoms with Crippen LogP contribution >= 0.6 is 0 Å². The van der Waals surface area contributed by atoms with Crippen molar-refractivity contribution in [2.75, 3.05) is 6.61 Å². The predicted octanol–water partition coefficient (Wildman–Crippen LogP) is 7.33. The number of carbonyl (C=O) groups is 2. The van der Waals surface area contributed by atoms with Crippen LogP contribution in [0.1, 0.15) is 103 Å². The van der Waals surface area contributed by atoms with Crippen LogP contribution in [0.15, 0.2) is 29.8 Å². The molecule has 3 nitrogen and oxygen atoms in total. The second kappa shape index (κ2) is 13.4. The zero-order valence-corrected chi connectivity index (χ0v) is 19.3. The first kappa shape index (κ1) is 24.4. The van der Waals surface area contributed by atoms with Crippen LogP contribution < -0.4 is 4.74 Å². The maximum absolute atomic E-state index is 12.6. The molecule has 0 fully saturated rings. The summed E-state index contributed by atoms with van der Waals surface area (Å²) >= 11 is 0. The third kappa shape index (κ3) is 7.41. The van der Waals surface area contributed by atoms with E-state index in [0.29, 0.717) is 12.8 Å². The van der Waals surface area contributed by atoms with E-state index >= 15 is 0 Å². The number of benzene rings is 1. The highest BCUT2D eigenvalue weighted by molar-refractivity contribution is 6.17. The fraction of sp³-hybridized carbons (Fsp3) is 0.630. The van der Waals surface area contributed by atoms with E-state index in [-0.39, 0.29) is 11.6 Å². The van der Waals surface area contributed by atoms with E-state index in [4.69, 9.17) is 4.74 Å². The summed E-state index contributed by atoms with van der Waals surface area (Å²) in [5.41, 5.74) is 2.80. The van der Waals surface area contributed by atoms with Crippen LogP contribution in [-0.4, -0.2) is 18.2 Å². The Morgan fingerprint density at radius 3 is 2.13 bits per heavy atom. The number of hydrogen-bond acceptors (Lipinski definition) is 3. The number of Topliss-reactive ketones (excluding diaryl/α,β-unsaturated/α-hetero) is 2. The fourth-order valence-electron chi connectivity index (χ4n) is 4.16. The van der Waals surface area contributed by atoms with Gasteiger partial charge in [-0.3, -0.25) is 9.59 Å². The van der Waals surface area contributed by atoms with Gasteiger partial charge in [-0.05, 0) is 55.0 Å². The molecular formula is C27H40O3. The van der Waals surface area contributed by atoms with E-state index in [1.54, 1.807) is 0 Å². The highest BCUT2D eigenvalue weighted by Gasteiger charge is 2.35. The van der Waals surface area contributed by atoms with Crippen LogP contribution in [-0.2, 0) is 9.59 Å². The van der Waals surface area contributed by atoms with Crippen LogP contribution in [0.5, 0.6) is 5.75 Å². The minimum atomic E-state index is -0.468. The lowest BCUT2D eigenvalue weighted by molar-refractivity contribution is -0.130. The van der Waals surface area contributed by atoms with Crippen molar-refractivity contribution in [2.45, 2.75) is 97.8 Å². The molecule has 1 aliphatic carbocycles. The molecule has 0 amide bonds. The van der Waals surface area contributed by atoms with E-state index in [2.05, 4.69) is 13.8 Å². The van der Waals surface area contributed by atoms with Gasteiger partial charge in [0.15, 0.2) is 5.78 Å². The molecule has 1 aromatic carbocycles. The fourth-order valence-corrected chi connectivity index (χ4v) is 4.16. The minimum absolute atomic E-state index is 0.0149. The molecule has 30 heavy (non-hydrogen) atoms. The lowest BCUT2D eigenvalue weighted by Crippen LogP contribution is -2.20. The van der Waals surface area contributed by atoms with Crippen molar-refractivity contribution >= 4 is 17.1 Å². The van der Waals surface area contributed by atoms with Crippen LogP contribution in [0.3, 0.4) is 0 Å². The third-order valence-corrected chi connectivity index (χ3v) is 6.18. The molecule has 0 bridgehead atoms. The number of allylic oxidation sites excluding steroid dienone is 2. The number of ether oxygens (including phenoxy) is 1. The quantitative estimate of drug-likeness (QED) is 0.224. The molecule has 1 atom stereocenters. The summed E-state index contributed by atoms with van der Waals surface area (Å²) in [5, 5.41) is 0. The van der Waals surface area contributed by atoms with Gasteiger partial charge in [-0.1, -0.05) is 77.3 Å². The number of unbranched alkanes of at least 4 members (excludes halogenated alkanes) is 8. The first-order chi connectivity index (χ1) is 14.6. The van der Waals surface area contributed by atoms with Gasteiger partial charge in [0.2, 0.25) is 0 Å². The van der Waals surface area contributed by atoms with Gasteiger partial charge in [-0.25, -0.2) is 0 Å². The van der Waals surface area contributed by atoms with Gasteiger partial charge >= 0.3 is 0 Å². The van der Waals surface area contributed by atoms with E-state index in [1.807, 2.05) is 31.2 Å². The smallest absolute Gasteiger partial charge is 0.169 e. The van der Waals surface area contributed by atoms with Gasteiger partial charge in [0.25, 0.3) is 0 Å². The highest BCUT2D eigenvalue weighted by atomic mass is 16.5. The average Bonchev–Trinajstić information content (AvgIpc) is 3.06. The summed E-state index contributed by atoms with van der Waals surface area (Å²) < 4.78 is 5.88. The molecule has 0 radical (unpaired) electrons. The van der Waals surface area contributed by atoms with Gasteiger partial charge in [-0.2, -0.15) is 0 Å². The lowest BCUT2D eigenvalue weighted by atomic mass is 9.94. The van der Waals surface area contributed by atoms with Gasteiger partial charge in [0.05, 0.1) is 12.5 Å². The molecule has 1 aliphatic rings. The molecule has 0 aliphatic heterocycles. The molecule has 3 heteroatoms. The molecule has 0 aromatic heterocycles. The zero-order valence-electron chi connectivity index (χ0n) is 19.3. The number of ketones is 2. The zero-order chi connectivity index (χ0) is 21.8. The highest BCUT2D eigenvalue weighted by Crippen LogP contribution is 2.37. The Balaban J connectivity index is 1.76. The SMILES string of the molecule is CCCCCCCCCCOc1ccc(C2=C(C)C(=O)C(C(=O)CCCC)C2)cc1. The van der Waals surface area contributed by atoms with E-state index in [0.717, 1.165) is 48.3 Å². The molecule has 0 saturated carbocycles. The number of hydrogen-bond donors (Lipinski definition) is 0. The Labute approximate surface area is 183 Å². The van der Waals surface area contributed by atoms with Crippen molar-refractivity contribution < 1.29 is 14.3 Å². The van der Waals surface area contributed by atoms with Crippen molar-refractivity contribution in [3.8, 4) is 5.75 Å². The van der Waals surface area contributed by atoms with Gasteiger partial charge in [-0.15, -0.1) is 0 Å². The summed E-state index contributed by atoms with van der Waals surface area (Å²) in [6.45, 7) is 6.93. The second-order valence-corrected chi connectivity index (χ2v) is 8.64. The molecule has 0 spiro atoms. The Kier molecular flexibility index (Phi) is 10.9. The van der Waals surface area contributed by atoms with Gasteiger partial charge in [0, 0.05) is 6.42 Å². The van der Waals surface area contributed by atoms with E-state index < -0.39 is 5.92 Å². The van der Waals surface area contributed by atoms with Crippen molar-refractivity contribution in [1.82, 2.24) is 0 Å². The molecule has 0 N–H and O–H groups in total. The molecule has 166 valence electrons. The van der Waals surface area contributed by atoms with Crippen molar-refractivity contribution in [2.24, 2.45) is 5.92 Å². The number of carbonyl (C=O) groups excluding carboxylic acids is 2. The van der Waals surface area contributed by atoms with Gasteiger partial charge in [0.1, 0.15) is 11.5 Å². The predicted molar refractivity (Wildman–Crippen MR) is 125 cm³/mol. The van der Waals surface area contributed by atoms with Crippen molar-refractivity contribution in [3.63, 3.8) is 0 Å². The summed E-state index contributed by atoms with van der Waals surface area (Å²) in [6.07, 6.45) is 13.3. The standard InChI is InChI=1S/C27H40O3/c1-4-6-8-9-10-11-12-13-19-30-23-17-15-22(16-18-23)24-20-25(27(29)21(24)3)26(28)14-7-5-2/h15-18,25H,4-14,19-20H2,1-3H3. The topological polar surface area (TPSA) is 43.4 Å². The number of rotatable bonds is 15. The Morgan fingerprint density at radius 1 is 0.900 bits per heavy atom. The summed E-state index contributed by atoms with van der Waals surface area (Å²) in [6, 6.07) is 8.01. The average molecular weight is 413 g/mol. The largest absolute Gasteiger partial charge is 0.494 e. The maximum atomic E-state index is 12.6. The molecule has 1 unspecified atom stereocenters. The minimum Gasteiger partial charge on any atom is -0.494 e. The summed E-state index contributed by atoms with van der Waals surface area (Å²) in [5.74, 6) is 0.520. The lowest BCUT2D eigenvalue weighted by Gasteiger charge is -2.09. The van der Waals surface area contributed by atoms with E-state index in [9.17, 15) is 9.59 Å². The maximum Gasteiger partial charge on any atom is 0.169 e.